The average molecular weight is 251 g/mol. The lowest BCUT2D eigenvalue weighted by Crippen LogP contribution is -2.32. The fraction of sp³-hybridized carbons (Fsp3) is 0.417. The number of rotatable bonds is 5. The van der Waals surface area contributed by atoms with Crippen LogP contribution in [0.1, 0.15) is 42.7 Å². The summed E-state index contributed by atoms with van der Waals surface area (Å²) in [6, 6.07) is 2.29. The van der Waals surface area contributed by atoms with Crippen molar-refractivity contribution < 1.29 is 14.7 Å². The largest absolute Gasteiger partial charge is 0.478 e. The third kappa shape index (κ3) is 3.44. The lowest BCUT2D eigenvalue weighted by atomic mass is 10.1. The highest BCUT2D eigenvalue weighted by Gasteiger charge is 2.14. The smallest absolute Gasteiger partial charge is 0.335 e. The van der Waals surface area contributed by atoms with Crippen LogP contribution >= 0.6 is 0 Å². The topological polar surface area (TPSA) is 105 Å². The van der Waals surface area contributed by atoms with Gasteiger partial charge in [-0.2, -0.15) is 0 Å². The lowest BCUT2D eigenvalue weighted by Gasteiger charge is -2.14. The van der Waals surface area contributed by atoms with E-state index in [2.05, 4.69) is 10.3 Å². The first-order valence-corrected chi connectivity index (χ1v) is 5.62. The molecule has 0 aliphatic rings. The molecule has 4 N–H and O–H groups in total. The molecule has 0 spiro atoms. The Bertz CT molecular complexity index is 472. The van der Waals surface area contributed by atoms with Gasteiger partial charge in [-0.25, -0.2) is 9.78 Å². The van der Waals surface area contributed by atoms with Gasteiger partial charge in [0, 0.05) is 5.69 Å². The van der Waals surface area contributed by atoms with Crippen LogP contribution in [0.15, 0.2) is 12.1 Å². The summed E-state index contributed by atoms with van der Waals surface area (Å²) in [5.41, 5.74) is 5.91. The second-order valence-electron chi connectivity index (χ2n) is 4.39. The zero-order chi connectivity index (χ0) is 13.9. The number of carboxylic acid groups (broad SMARTS) is 1. The predicted octanol–water partition coefficient (Wildman–Crippen LogP) is 1.19. The number of amides is 1. The van der Waals surface area contributed by atoms with E-state index in [1.54, 1.807) is 6.92 Å². The van der Waals surface area contributed by atoms with E-state index in [1.807, 2.05) is 13.8 Å². The number of carboxylic acids is 1. The molecule has 0 fully saturated rings. The molecule has 0 aromatic carbocycles. The molecule has 1 atom stereocenters. The molecule has 1 aromatic heterocycles. The van der Waals surface area contributed by atoms with Crippen LogP contribution < -0.4 is 11.1 Å². The van der Waals surface area contributed by atoms with E-state index in [-0.39, 0.29) is 11.5 Å². The molecule has 1 heterocycles. The molecule has 0 aliphatic carbocycles. The van der Waals surface area contributed by atoms with Gasteiger partial charge in [0.15, 0.2) is 0 Å². The number of nitrogens with one attached hydrogen (secondary N) is 1. The van der Waals surface area contributed by atoms with Gasteiger partial charge in [0.25, 0.3) is 0 Å². The Kier molecular flexibility index (Phi) is 4.25. The van der Waals surface area contributed by atoms with E-state index in [0.29, 0.717) is 11.5 Å². The molecule has 0 aliphatic heterocycles. The maximum Gasteiger partial charge on any atom is 0.335 e. The van der Waals surface area contributed by atoms with Gasteiger partial charge in [-0.3, -0.25) is 4.79 Å². The van der Waals surface area contributed by atoms with Gasteiger partial charge in [0.2, 0.25) is 5.91 Å². The Morgan fingerprint density at radius 3 is 2.39 bits per heavy atom. The molecule has 0 saturated heterocycles. The highest BCUT2D eigenvalue weighted by atomic mass is 16.4. The fourth-order valence-electron chi connectivity index (χ4n) is 1.34. The number of carbonyl (C=O) groups excluding carboxylic acids is 1. The highest BCUT2D eigenvalue weighted by molar-refractivity contribution is 5.89. The monoisotopic (exact) mass is 251 g/mol. The van der Waals surface area contributed by atoms with Gasteiger partial charge in [0.1, 0.15) is 11.9 Å². The van der Waals surface area contributed by atoms with Crippen LogP contribution in [0.25, 0.3) is 0 Å². The second-order valence-corrected chi connectivity index (χ2v) is 4.39. The Hall–Kier alpha value is -2.11. The number of nitrogens with zero attached hydrogens (tertiary/aromatic N) is 1. The minimum atomic E-state index is -1.03. The van der Waals surface area contributed by atoms with Gasteiger partial charge in [-0.15, -0.1) is 0 Å². The van der Waals surface area contributed by atoms with Crippen LogP contribution in [-0.4, -0.2) is 28.0 Å². The Morgan fingerprint density at radius 1 is 1.33 bits per heavy atom. The zero-order valence-corrected chi connectivity index (χ0v) is 10.6. The number of anilines is 1. The summed E-state index contributed by atoms with van der Waals surface area (Å²) in [6.07, 6.45) is 0. The summed E-state index contributed by atoms with van der Waals surface area (Å²) in [5, 5.41) is 11.8. The van der Waals surface area contributed by atoms with Crippen molar-refractivity contribution in [2.45, 2.75) is 32.7 Å². The van der Waals surface area contributed by atoms with Crippen LogP contribution in [0.2, 0.25) is 0 Å². The molecule has 1 unspecified atom stereocenters. The Labute approximate surface area is 105 Å². The van der Waals surface area contributed by atoms with Crippen molar-refractivity contribution >= 4 is 17.7 Å². The third-order valence-corrected chi connectivity index (χ3v) is 2.47. The summed E-state index contributed by atoms with van der Waals surface area (Å²) >= 11 is 0. The van der Waals surface area contributed by atoms with E-state index in [9.17, 15) is 9.59 Å². The van der Waals surface area contributed by atoms with Crippen LogP contribution in [-0.2, 0) is 4.79 Å². The summed E-state index contributed by atoms with van der Waals surface area (Å²) < 4.78 is 0. The van der Waals surface area contributed by atoms with E-state index in [1.165, 1.54) is 12.1 Å². The van der Waals surface area contributed by atoms with Crippen molar-refractivity contribution in [3.63, 3.8) is 0 Å². The molecule has 6 nitrogen and oxygen atoms in total. The minimum absolute atomic E-state index is 0.0914. The molecule has 0 saturated carbocycles. The number of nitrogens with two attached hydrogens (primary N) is 1. The molecule has 0 bridgehead atoms. The zero-order valence-electron chi connectivity index (χ0n) is 10.6. The first-order valence-electron chi connectivity index (χ1n) is 5.62. The lowest BCUT2D eigenvalue weighted by molar-refractivity contribution is -0.118. The summed E-state index contributed by atoms with van der Waals surface area (Å²) in [5.74, 6) is -1.13. The Balaban J connectivity index is 3.11. The number of aromatic carboxylic acids is 1. The number of aromatic nitrogens is 1. The first-order chi connectivity index (χ1) is 8.31. The third-order valence-electron chi connectivity index (χ3n) is 2.47. The first kappa shape index (κ1) is 14.0. The molecular weight excluding hydrogens is 234 g/mol. The molecule has 0 radical (unpaired) electrons. The van der Waals surface area contributed by atoms with Crippen molar-refractivity contribution in [3.8, 4) is 0 Å². The summed E-state index contributed by atoms with van der Waals surface area (Å²) in [7, 11) is 0. The second kappa shape index (κ2) is 5.48. The van der Waals surface area contributed by atoms with Gasteiger partial charge >= 0.3 is 5.97 Å². The van der Waals surface area contributed by atoms with Crippen molar-refractivity contribution in [2.24, 2.45) is 5.73 Å². The van der Waals surface area contributed by atoms with Crippen molar-refractivity contribution in [1.82, 2.24) is 4.98 Å². The SMILES string of the molecule is CC(Nc1cc(C(=O)O)cc(C(C)C)n1)C(N)=O. The molecule has 1 amide bonds. The van der Waals surface area contributed by atoms with E-state index in [0.717, 1.165) is 0 Å². The van der Waals surface area contributed by atoms with E-state index >= 15 is 0 Å². The maximum absolute atomic E-state index is 11.0. The Morgan fingerprint density at radius 2 is 1.94 bits per heavy atom. The van der Waals surface area contributed by atoms with E-state index < -0.39 is 17.9 Å². The van der Waals surface area contributed by atoms with Gasteiger partial charge in [-0.05, 0) is 25.0 Å². The fourth-order valence-corrected chi connectivity index (χ4v) is 1.34. The van der Waals surface area contributed by atoms with Crippen LogP contribution in [0.3, 0.4) is 0 Å². The molecule has 1 rings (SSSR count). The standard InChI is InChI=1S/C12H17N3O3/c1-6(2)9-4-8(12(17)18)5-10(15-9)14-7(3)11(13)16/h4-7H,1-3H3,(H2,13,16)(H,14,15)(H,17,18). The van der Waals surface area contributed by atoms with Crippen LogP contribution in [0.4, 0.5) is 5.82 Å². The molecule has 98 valence electrons. The molecular formula is C12H17N3O3. The predicted molar refractivity (Wildman–Crippen MR) is 67.6 cm³/mol. The van der Waals surface area contributed by atoms with Crippen molar-refractivity contribution in [2.75, 3.05) is 5.32 Å². The number of carbonyl (C=O) groups is 2. The van der Waals surface area contributed by atoms with Gasteiger partial charge in [0.05, 0.1) is 5.56 Å². The van der Waals surface area contributed by atoms with Gasteiger partial charge < -0.3 is 16.2 Å². The molecule has 1 aromatic rings. The van der Waals surface area contributed by atoms with E-state index in [4.69, 9.17) is 10.8 Å². The van der Waals surface area contributed by atoms with Gasteiger partial charge in [-0.1, -0.05) is 13.8 Å². The minimum Gasteiger partial charge on any atom is -0.478 e. The number of primary amides is 1. The number of hydrogen-bond acceptors (Lipinski definition) is 4. The summed E-state index contributed by atoms with van der Waals surface area (Å²) in [6.45, 7) is 5.41. The normalized spacial score (nSPS) is 12.2. The quantitative estimate of drug-likeness (QED) is 0.729. The van der Waals surface area contributed by atoms with Crippen LogP contribution in [0.5, 0.6) is 0 Å². The number of hydrogen-bond donors (Lipinski definition) is 3. The van der Waals surface area contributed by atoms with Crippen molar-refractivity contribution in [3.05, 3.63) is 23.4 Å². The highest BCUT2D eigenvalue weighted by Crippen LogP contribution is 2.18. The number of pyridine rings is 1. The molecule has 18 heavy (non-hydrogen) atoms. The average Bonchev–Trinajstić information content (AvgIpc) is 2.28. The molecule has 6 heteroatoms. The van der Waals surface area contributed by atoms with Crippen molar-refractivity contribution in [1.29, 1.82) is 0 Å². The summed E-state index contributed by atoms with van der Waals surface area (Å²) in [4.78, 5) is 26.2. The van der Waals surface area contributed by atoms with Crippen LogP contribution in [0, 0.1) is 0 Å². The maximum atomic E-state index is 11.0.